The first-order chi connectivity index (χ1) is 28.5. The first-order valence-corrected chi connectivity index (χ1v) is 22.2. The number of nitrogens with one attached hydrogen (secondary N) is 1. The molecule has 4 aliphatic rings. The molecule has 1 heterocycles. The molecule has 1 aliphatic heterocycles. The highest BCUT2D eigenvalue weighted by molar-refractivity contribution is 6.03. The lowest BCUT2D eigenvalue weighted by molar-refractivity contribution is -0.258. The summed E-state index contributed by atoms with van der Waals surface area (Å²) in [6, 6.07) is 4.79. The number of ether oxygens (including phenoxy) is 4. The summed E-state index contributed by atoms with van der Waals surface area (Å²) in [5.74, 6) is -0.649. The van der Waals surface area contributed by atoms with Gasteiger partial charge < -0.3 is 49.3 Å². The molecule has 2 amide bonds. The average Bonchev–Trinajstić information content (AvgIpc) is 3.74. The lowest BCUT2D eigenvalue weighted by Crippen LogP contribution is -2.70. The Bertz CT molecular complexity index is 1590. The quantitative estimate of drug-likeness (QED) is 0.0511. The zero-order chi connectivity index (χ0) is 42.4. The highest BCUT2D eigenvalue weighted by atomic mass is 16.7. The first-order valence-electron chi connectivity index (χ1n) is 22.2. The van der Waals surface area contributed by atoms with Crippen LogP contribution < -0.4 is 14.8 Å². The van der Waals surface area contributed by atoms with E-state index in [-0.39, 0.29) is 76.3 Å². The SMILES string of the molecule is C=CCO[C@@]12Oc3ccc(OC(=O)NCC)cc3[C@H]3[C@H](CCCCO)[C@@H](CCCCO)C=C(C(=NOC(C)(C)C)C[C@@H]1N(CCOCCO)C(=O)CCC1CCCC1)[C@H]32. The van der Waals surface area contributed by atoms with Gasteiger partial charge in [0.1, 0.15) is 23.1 Å². The summed E-state index contributed by atoms with van der Waals surface area (Å²) in [6.07, 6.45) is 14.0. The summed E-state index contributed by atoms with van der Waals surface area (Å²) in [4.78, 5) is 35.7. The van der Waals surface area contributed by atoms with Crippen LogP contribution in [0.3, 0.4) is 0 Å². The van der Waals surface area contributed by atoms with Crippen LogP contribution in [0.25, 0.3) is 0 Å². The predicted molar refractivity (Wildman–Crippen MR) is 226 cm³/mol. The van der Waals surface area contributed by atoms with E-state index in [1.807, 2.05) is 44.7 Å². The number of benzene rings is 1. The van der Waals surface area contributed by atoms with Crippen molar-refractivity contribution in [3.63, 3.8) is 0 Å². The Hall–Kier alpha value is -3.49. The van der Waals surface area contributed by atoms with Crippen molar-refractivity contribution in [2.24, 2.45) is 28.8 Å². The number of carbonyl (C=O) groups excluding carboxylic acids is 2. The molecule has 330 valence electrons. The fraction of sp³-hybridized carbons (Fsp3) is 0.717. The van der Waals surface area contributed by atoms with Crippen molar-refractivity contribution in [3.05, 3.63) is 48.1 Å². The molecule has 3 aliphatic carbocycles. The molecule has 1 aromatic rings. The van der Waals surface area contributed by atoms with E-state index >= 15 is 0 Å². The Morgan fingerprint density at radius 3 is 2.46 bits per heavy atom. The van der Waals surface area contributed by atoms with Crippen LogP contribution in [-0.4, -0.2) is 108 Å². The van der Waals surface area contributed by atoms with E-state index in [2.05, 4.69) is 18.0 Å². The second-order valence-electron chi connectivity index (χ2n) is 17.5. The third kappa shape index (κ3) is 11.9. The number of allylic oxidation sites excluding steroid dienone is 1. The number of aliphatic hydroxyl groups is 3. The van der Waals surface area contributed by atoms with E-state index in [4.69, 9.17) is 28.9 Å². The Labute approximate surface area is 351 Å². The number of unbranched alkanes of at least 4 members (excludes halogenated alkanes) is 2. The van der Waals surface area contributed by atoms with Crippen LogP contribution in [0.1, 0.15) is 123 Å². The summed E-state index contributed by atoms with van der Waals surface area (Å²) in [6.45, 7) is 12.9. The maximum absolute atomic E-state index is 14.8. The van der Waals surface area contributed by atoms with Crippen molar-refractivity contribution < 1.29 is 48.7 Å². The lowest BCUT2D eigenvalue weighted by Gasteiger charge is -2.60. The minimum absolute atomic E-state index is 0.0195. The van der Waals surface area contributed by atoms with Gasteiger partial charge in [-0.1, -0.05) is 55.8 Å². The lowest BCUT2D eigenvalue weighted by atomic mass is 9.55. The van der Waals surface area contributed by atoms with Gasteiger partial charge in [0.25, 0.3) is 0 Å². The van der Waals surface area contributed by atoms with Gasteiger partial charge in [0, 0.05) is 50.6 Å². The van der Waals surface area contributed by atoms with Crippen LogP contribution in [0.2, 0.25) is 0 Å². The van der Waals surface area contributed by atoms with Gasteiger partial charge in [-0.05, 0) is 101 Å². The Morgan fingerprint density at radius 1 is 1.03 bits per heavy atom. The molecule has 13 nitrogen and oxygen atoms in total. The summed E-state index contributed by atoms with van der Waals surface area (Å²) in [5, 5.41) is 37.0. The van der Waals surface area contributed by atoms with E-state index < -0.39 is 29.4 Å². The summed E-state index contributed by atoms with van der Waals surface area (Å²) in [5.41, 5.74) is 1.91. The van der Waals surface area contributed by atoms with Gasteiger partial charge in [0.2, 0.25) is 11.7 Å². The molecule has 2 fully saturated rings. The third-order valence-electron chi connectivity index (χ3n) is 12.3. The highest BCUT2D eigenvalue weighted by Crippen LogP contribution is 2.62. The second kappa shape index (κ2) is 22.4. The maximum atomic E-state index is 14.8. The van der Waals surface area contributed by atoms with Crippen LogP contribution in [-0.2, 0) is 19.1 Å². The molecule has 0 spiro atoms. The van der Waals surface area contributed by atoms with Crippen LogP contribution in [0.15, 0.2) is 47.7 Å². The molecule has 13 heteroatoms. The molecular weight excluding hydrogens is 755 g/mol. The normalized spacial score (nSPS) is 25.7. The molecule has 4 N–H and O–H groups in total. The van der Waals surface area contributed by atoms with Gasteiger partial charge in [0.15, 0.2) is 0 Å². The summed E-state index contributed by atoms with van der Waals surface area (Å²) in [7, 11) is 0. The number of amides is 2. The number of nitrogens with zero attached hydrogens (tertiary/aromatic N) is 2. The smallest absolute Gasteiger partial charge is 0.412 e. The highest BCUT2D eigenvalue weighted by Gasteiger charge is 2.65. The topological polar surface area (TPSA) is 169 Å². The molecule has 5 rings (SSSR count). The van der Waals surface area contributed by atoms with Crippen LogP contribution in [0.4, 0.5) is 4.79 Å². The van der Waals surface area contributed by atoms with Gasteiger partial charge >= 0.3 is 6.09 Å². The monoisotopic (exact) mass is 826 g/mol. The van der Waals surface area contributed by atoms with Gasteiger partial charge in [-0.3, -0.25) is 4.79 Å². The van der Waals surface area contributed by atoms with Gasteiger partial charge in [0.05, 0.1) is 38.1 Å². The number of carbonyl (C=O) groups is 2. The van der Waals surface area contributed by atoms with E-state index in [1.165, 1.54) is 12.8 Å². The van der Waals surface area contributed by atoms with Crippen LogP contribution in [0, 0.1) is 23.7 Å². The Morgan fingerprint density at radius 2 is 1.78 bits per heavy atom. The molecule has 0 bridgehead atoms. The van der Waals surface area contributed by atoms with Crippen molar-refractivity contribution in [2.45, 2.75) is 135 Å². The molecule has 0 unspecified atom stereocenters. The van der Waals surface area contributed by atoms with Crippen molar-refractivity contribution in [1.29, 1.82) is 0 Å². The van der Waals surface area contributed by atoms with Crippen molar-refractivity contribution in [1.82, 2.24) is 10.2 Å². The molecule has 0 aromatic heterocycles. The molecule has 2 saturated carbocycles. The first kappa shape index (κ1) is 46.6. The zero-order valence-corrected chi connectivity index (χ0v) is 36.0. The number of rotatable bonds is 23. The fourth-order valence-electron chi connectivity index (χ4n) is 9.75. The van der Waals surface area contributed by atoms with Crippen LogP contribution >= 0.6 is 0 Å². The number of oxime groups is 1. The summed E-state index contributed by atoms with van der Waals surface area (Å²) < 4.78 is 26.0. The number of aliphatic hydroxyl groups excluding tert-OH is 3. The van der Waals surface area contributed by atoms with Crippen LogP contribution in [0.5, 0.6) is 11.5 Å². The van der Waals surface area contributed by atoms with Crippen molar-refractivity contribution in [2.75, 3.05) is 52.7 Å². The van der Waals surface area contributed by atoms with Crippen molar-refractivity contribution in [3.8, 4) is 11.5 Å². The fourth-order valence-corrected chi connectivity index (χ4v) is 9.75. The third-order valence-corrected chi connectivity index (χ3v) is 12.3. The minimum atomic E-state index is -1.41. The Balaban J connectivity index is 1.75. The largest absolute Gasteiger partial charge is 0.459 e. The van der Waals surface area contributed by atoms with E-state index in [0.29, 0.717) is 48.9 Å². The average molecular weight is 826 g/mol. The maximum Gasteiger partial charge on any atom is 0.412 e. The van der Waals surface area contributed by atoms with Gasteiger partial charge in [-0.15, -0.1) is 6.58 Å². The second-order valence-corrected chi connectivity index (χ2v) is 17.5. The van der Waals surface area contributed by atoms with Crippen molar-refractivity contribution >= 4 is 17.7 Å². The number of hydrogen-bond donors (Lipinski definition) is 4. The molecule has 0 saturated heterocycles. The van der Waals surface area contributed by atoms with E-state index in [0.717, 1.165) is 56.1 Å². The van der Waals surface area contributed by atoms with Gasteiger partial charge in [-0.25, -0.2) is 4.79 Å². The number of fused-ring (bicyclic) bond motifs is 2. The molecule has 1 aromatic carbocycles. The summed E-state index contributed by atoms with van der Waals surface area (Å²) >= 11 is 0. The molecule has 6 atom stereocenters. The van der Waals surface area contributed by atoms with E-state index in [9.17, 15) is 24.9 Å². The molecule has 59 heavy (non-hydrogen) atoms. The van der Waals surface area contributed by atoms with E-state index in [1.54, 1.807) is 12.1 Å². The molecule has 0 radical (unpaired) electrons. The molecular formula is C46H71N3O10. The zero-order valence-electron chi connectivity index (χ0n) is 36.0. The van der Waals surface area contributed by atoms with Gasteiger partial charge in [-0.2, -0.15) is 0 Å². The minimum Gasteiger partial charge on any atom is -0.459 e. The standard InChI is InChI=1S/C46H71N3O10/c1-6-26-56-46-40(49(22-27-55-28-25-52)41(53)21-18-32-14-8-9-15-32)31-38(48-59-45(3,4)5)36-29-33(16-10-12-23-50)35(17-11-13-24-51)42(43(36)46)37-30-34(19-20-39(37)58-46)57-44(54)47-7-2/h6,19-20,29-30,32-33,35,40,42-43,50-52H,1,7-18,21-28,31H2,2-5H3,(H,47,54)/t33-,35+,40-,42+,43+,46+/m0/s1. The number of hydrogen-bond acceptors (Lipinski definition) is 11. The predicted octanol–water partition coefficient (Wildman–Crippen LogP) is 7.03. The Kier molecular flexibility index (Phi) is 17.7.